The molecule has 0 saturated carbocycles. The van der Waals surface area contributed by atoms with Crippen LogP contribution in [0, 0.1) is 0 Å². The average molecular weight is 305 g/mol. The SMILES string of the molecule is COc1ccc(C(O)c2csc3ccccc23)c(Cl)c1. The quantitative estimate of drug-likeness (QED) is 0.763. The van der Waals surface area contributed by atoms with Crippen LogP contribution in [0.25, 0.3) is 10.1 Å². The maximum Gasteiger partial charge on any atom is 0.120 e. The summed E-state index contributed by atoms with van der Waals surface area (Å²) in [7, 11) is 1.59. The number of hydrogen-bond donors (Lipinski definition) is 1. The van der Waals surface area contributed by atoms with E-state index in [1.54, 1.807) is 36.6 Å². The summed E-state index contributed by atoms with van der Waals surface area (Å²) in [5.41, 5.74) is 1.58. The number of benzene rings is 2. The standard InChI is InChI=1S/C16H13ClO2S/c1-19-10-6-7-12(14(17)8-10)16(18)13-9-20-15-5-3-2-4-11(13)15/h2-9,16,18H,1H3. The van der Waals surface area contributed by atoms with Gasteiger partial charge in [-0.15, -0.1) is 11.3 Å². The Labute approximate surface area is 126 Å². The van der Waals surface area contributed by atoms with Crippen molar-refractivity contribution in [3.63, 3.8) is 0 Å². The van der Waals surface area contributed by atoms with E-state index < -0.39 is 6.10 Å². The van der Waals surface area contributed by atoms with Crippen LogP contribution in [0.5, 0.6) is 5.75 Å². The van der Waals surface area contributed by atoms with E-state index in [2.05, 4.69) is 0 Å². The molecule has 0 aliphatic heterocycles. The first-order valence-electron chi connectivity index (χ1n) is 6.18. The molecule has 0 amide bonds. The summed E-state index contributed by atoms with van der Waals surface area (Å²) in [5, 5.41) is 14.2. The van der Waals surface area contributed by atoms with Gasteiger partial charge in [0, 0.05) is 15.8 Å². The maximum atomic E-state index is 10.6. The molecule has 2 nitrogen and oxygen atoms in total. The van der Waals surface area contributed by atoms with E-state index in [9.17, 15) is 5.11 Å². The third kappa shape index (κ3) is 2.29. The molecule has 2 aromatic carbocycles. The van der Waals surface area contributed by atoms with Crippen molar-refractivity contribution in [1.29, 1.82) is 0 Å². The van der Waals surface area contributed by atoms with Gasteiger partial charge in [0.05, 0.1) is 12.1 Å². The van der Waals surface area contributed by atoms with Gasteiger partial charge in [-0.3, -0.25) is 0 Å². The fourth-order valence-corrected chi connectivity index (χ4v) is 3.49. The first kappa shape index (κ1) is 13.4. The molecule has 1 N–H and O–H groups in total. The summed E-state index contributed by atoms with van der Waals surface area (Å²) in [5.74, 6) is 0.682. The maximum absolute atomic E-state index is 10.6. The number of aliphatic hydroxyl groups excluding tert-OH is 1. The Bertz CT molecular complexity index is 751. The van der Waals surface area contributed by atoms with E-state index in [1.807, 2.05) is 29.6 Å². The third-order valence-electron chi connectivity index (χ3n) is 3.31. The summed E-state index contributed by atoms with van der Waals surface area (Å²) < 4.78 is 6.29. The van der Waals surface area contributed by atoms with E-state index >= 15 is 0 Å². The van der Waals surface area contributed by atoms with Gasteiger partial charge >= 0.3 is 0 Å². The van der Waals surface area contributed by atoms with Crippen molar-refractivity contribution in [2.24, 2.45) is 0 Å². The van der Waals surface area contributed by atoms with Gasteiger partial charge in [0.25, 0.3) is 0 Å². The van der Waals surface area contributed by atoms with Gasteiger partial charge in [0.1, 0.15) is 11.9 Å². The zero-order chi connectivity index (χ0) is 14.1. The Balaban J connectivity index is 2.06. The number of halogens is 1. The summed E-state index contributed by atoms with van der Waals surface area (Å²) >= 11 is 7.86. The molecular formula is C16H13ClO2S. The van der Waals surface area contributed by atoms with Gasteiger partial charge in [-0.25, -0.2) is 0 Å². The summed E-state index contributed by atoms with van der Waals surface area (Å²) in [6.07, 6.45) is -0.732. The van der Waals surface area contributed by atoms with Crippen molar-refractivity contribution >= 4 is 33.0 Å². The van der Waals surface area contributed by atoms with E-state index in [0.717, 1.165) is 15.6 Å². The highest BCUT2D eigenvalue weighted by molar-refractivity contribution is 7.17. The second-order valence-corrected chi connectivity index (χ2v) is 5.80. The molecule has 102 valence electrons. The van der Waals surface area contributed by atoms with Gasteiger partial charge < -0.3 is 9.84 Å². The van der Waals surface area contributed by atoms with Crippen molar-refractivity contribution in [3.05, 3.63) is 64.0 Å². The molecule has 1 unspecified atom stereocenters. The number of thiophene rings is 1. The fourth-order valence-electron chi connectivity index (χ4n) is 2.23. The van der Waals surface area contributed by atoms with Crippen molar-refractivity contribution in [3.8, 4) is 5.75 Å². The van der Waals surface area contributed by atoms with Gasteiger partial charge in [-0.1, -0.05) is 35.9 Å². The highest BCUT2D eigenvalue weighted by Crippen LogP contribution is 2.36. The van der Waals surface area contributed by atoms with Crippen LogP contribution in [0.2, 0.25) is 5.02 Å². The number of methoxy groups -OCH3 is 1. The van der Waals surface area contributed by atoms with E-state index in [0.29, 0.717) is 16.3 Å². The third-order valence-corrected chi connectivity index (χ3v) is 4.62. The number of hydrogen-bond acceptors (Lipinski definition) is 3. The molecule has 0 bridgehead atoms. The molecule has 0 aliphatic rings. The summed E-state index contributed by atoms with van der Waals surface area (Å²) in [6.45, 7) is 0. The molecule has 1 aromatic heterocycles. The summed E-state index contributed by atoms with van der Waals surface area (Å²) in [4.78, 5) is 0. The van der Waals surface area contributed by atoms with Crippen LogP contribution in [0.1, 0.15) is 17.2 Å². The normalized spacial score (nSPS) is 12.6. The Morgan fingerprint density at radius 1 is 1.15 bits per heavy atom. The minimum atomic E-state index is -0.732. The van der Waals surface area contributed by atoms with Crippen LogP contribution in [-0.2, 0) is 0 Å². The highest BCUT2D eigenvalue weighted by atomic mass is 35.5. The molecule has 0 spiro atoms. The number of rotatable bonds is 3. The van der Waals surface area contributed by atoms with Crippen LogP contribution in [-0.4, -0.2) is 12.2 Å². The Kier molecular flexibility index (Phi) is 3.66. The summed E-state index contributed by atoms with van der Waals surface area (Å²) in [6, 6.07) is 13.4. The lowest BCUT2D eigenvalue weighted by Gasteiger charge is -2.13. The lowest BCUT2D eigenvalue weighted by atomic mass is 10.0. The average Bonchev–Trinajstić information content (AvgIpc) is 2.90. The molecule has 0 fully saturated rings. The lowest BCUT2D eigenvalue weighted by molar-refractivity contribution is 0.222. The molecule has 0 radical (unpaired) electrons. The molecule has 0 aliphatic carbocycles. The van der Waals surface area contributed by atoms with E-state index in [1.165, 1.54) is 0 Å². The van der Waals surface area contributed by atoms with Crippen LogP contribution in [0.15, 0.2) is 47.8 Å². The van der Waals surface area contributed by atoms with Gasteiger partial charge in [0.2, 0.25) is 0 Å². The van der Waals surface area contributed by atoms with Crippen molar-refractivity contribution in [2.45, 2.75) is 6.10 Å². The molecule has 1 atom stereocenters. The lowest BCUT2D eigenvalue weighted by Crippen LogP contribution is -2.00. The zero-order valence-corrected chi connectivity index (χ0v) is 12.4. The van der Waals surface area contributed by atoms with Crippen LogP contribution < -0.4 is 4.74 Å². The Morgan fingerprint density at radius 2 is 1.95 bits per heavy atom. The number of fused-ring (bicyclic) bond motifs is 1. The monoisotopic (exact) mass is 304 g/mol. The smallest absolute Gasteiger partial charge is 0.120 e. The molecule has 1 heterocycles. The molecule has 4 heteroatoms. The minimum Gasteiger partial charge on any atom is -0.497 e. The van der Waals surface area contributed by atoms with Crippen LogP contribution >= 0.6 is 22.9 Å². The topological polar surface area (TPSA) is 29.5 Å². The second-order valence-electron chi connectivity index (χ2n) is 4.48. The van der Waals surface area contributed by atoms with Crippen LogP contribution in [0.3, 0.4) is 0 Å². The molecule has 20 heavy (non-hydrogen) atoms. The molecule has 3 aromatic rings. The van der Waals surface area contributed by atoms with Gasteiger partial charge in [0.15, 0.2) is 0 Å². The number of ether oxygens (including phenoxy) is 1. The largest absolute Gasteiger partial charge is 0.497 e. The Hall–Kier alpha value is -1.55. The molecular weight excluding hydrogens is 292 g/mol. The van der Waals surface area contributed by atoms with Gasteiger partial charge in [-0.2, -0.15) is 0 Å². The van der Waals surface area contributed by atoms with Crippen molar-refractivity contribution < 1.29 is 9.84 Å². The highest BCUT2D eigenvalue weighted by Gasteiger charge is 2.18. The second kappa shape index (κ2) is 5.44. The fraction of sp³-hybridized carbons (Fsp3) is 0.125. The molecule has 3 rings (SSSR count). The molecule has 0 saturated heterocycles. The van der Waals surface area contributed by atoms with Gasteiger partial charge in [-0.05, 0) is 29.0 Å². The predicted octanol–water partition coefficient (Wildman–Crippen LogP) is 4.65. The minimum absolute atomic E-state index is 0.507. The Morgan fingerprint density at radius 3 is 2.70 bits per heavy atom. The van der Waals surface area contributed by atoms with E-state index in [-0.39, 0.29) is 0 Å². The van der Waals surface area contributed by atoms with Crippen molar-refractivity contribution in [2.75, 3.05) is 7.11 Å². The van der Waals surface area contributed by atoms with Crippen LogP contribution in [0.4, 0.5) is 0 Å². The zero-order valence-electron chi connectivity index (χ0n) is 10.8. The first-order valence-corrected chi connectivity index (χ1v) is 7.44. The predicted molar refractivity (Wildman–Crippen MR) is 83.9 cm³/mol. The first-order chi connectivity index (χ1) is 9.70. The van der Waals surface area contributed by atoms with Crippen molar-refractivity contribution in [1.82, 2.24) is 0 Å². The van der Waals surface area contributed by atoms with E-state index in [4.69, 9.17) is 16.3 Å². The number of aliphatic hydroxyl groups is 1.